The zero-order valence-electron chi connectivity index (χ0n) is 9.71. The zero-order chi connectivity index (χ0) is 11.3. The van der Waals surface area contributed by atoms with Crippen molar-refractivity contribution in [2.75, 3.05) is 12.8 Å². The Hall–Kier alpha value is -0.220. The number of carbonyl (C=O) groups is 1. The molecule has 0 aromatic heterocycles. The second kappa shape index (κ2) is 5.75. The summed E-state index contributed by atoms with van der Waals surface area (Å²) in [5, 5.41) is 2.98. The van der Waals surface area contributed by atoms with Gasteiger partial charge in [0.25, 0.3) is 0 Å². The Kier molecular flexibility index (Phi) is 4.93. The maximum absolute atomic E-state index is 11.5. The lowest BCUT2D eigenvalue weighted by Crippen LogP contribution is -2.45. The number of nitrogens with one attached hydrogen (secondary N) is 1. The van der Waals surface area contributed by atoms with Gasteiger partial charge in [-0.05, 0) is 25.5 Å². The molecule has 0 unspecified atom stereocenters. The van der Waals surface area contributed by atoms with E-state index in [-0.39, 0.29) is 16.7 Å². The molecule has 1 saturated carbocycles. The van der Waals surface area contributed by atoms with Gasteiger partial charge in [0.2, 0.25) is 5.91 Å². The predicted molar refractivity (Wildman–Crippen MR) is 66.0 cm³/mol. The van der Waals surface area contributed by atoms with Gasteiger partial charge in [-0.3, -0.25) is 4.79 Å². The van der Waals surface area contributed by atoms with Gasteiger partial charge in [0.1, 0.15) is 0 Å². The number of hydrogen-bond donors (Lipinski definition) is 2. The minimum absolute atomic E-state index is 0.00201. The fraction of sp³-hybridized carbons (Fsp3) is 0.909. The van der Waals surface area contributed by atoms with Crippen LogP contribution in [0.3, 0.4) is 0 Å². The van der Waals surface area contributed by atoms with E-state index in [4.69, 9.17) is 5.73 Å². The minimum atomic E-state index is -0.342. The van der Waals surface area contributed by atoms with Crippen molar-refractivity contribution in [3.8, 4) is 0 Å². The molecule has 0 bridgehead atoms. The summed E-state index contributed by atoms with van der Waals surface area (Å²) in [6.07, 6.45) is 7.86. The molecule has 3 N–H and O–H groups in total. The first-order chi connectivity index (χ1) is 7.13. The number of nitrogens with two attached hydrogens (primary N) is 1. The molecule has 0 heterocycles. The largest absolute Gasteiger partial charge is 0.353 e. The molecule has 1 fully saturated rings. The van der Waals surface area contributed by atoms with E-state index in [2.05, 4.69) is 11.6 Å². The van der Waals surface area contributed by atoms with Gasteiger partial charge in [-0.15, -0.1) is 0 Å². The number of thioether (sulfide) groups is 1. The van der Waals surface area contributed by atoms with E-state index in [1.165, 1.54) is 25.7 Å². The van der Waals surface area contributed by atoms with E-state index in [1.54, 1.807) is 0 Å². The van der Waals surface area contributed by atoms with Crippen LogP contribution in [0.4, 0.5) is 0 Å². The molecule has 0 saturated heterocycles. The first kappa shape index (κ1) is 12.8. The summed E-state index contributed by atoms with van der Waals surface area (Å²) in [6, 6.07) is -0.342. The Morgan fingerprint density at radius 1 is 1.53 bits per heavy atom. The molecule has 0 radical (unpaired) electrons. The van der Waals surface area contributed by atoms with E-state index in [1.807, 2.05) is 18.7 Å². The molecule has 1 aliphatic carbocycles. The molecule has 0 aliphatic heterocycles. The Balaban J connectivity index is 2.37. The molecule has 1 amide bonds. The highest BCUT2D eigenvalue weighted by atomic mass is 32.2. The van der Waals surface area contributed by atoms with Crippen molar-refractivity contribution in [2.24, 2.45) is 5.73 Å². The predicted octanol–water partition coefficient (Wildman–Crippen LogP) is 1.52. The van der Waals surface area contributed by atoms with Crippen LogP contribution in [0.25, 0.3) is 0 Å². The van der Waals surface area contributed by atoms with E-state index >= 15 is 0 Å². The van der Waals surface area contributed by atoms with Crippen LogP contribution in [-0.2, 0) is 4.79 Å². The first-order valence-electron chi connectivity index (χ1n) is 5.72. The Bertz CT molecular complexity index is 215. The van der Waals surface area contributed by atoms with Gasteiger partial charge in [-0.2, -0.15) is 11.8 Å². The van der Waals surface area contributed by atoms with Crippen LogP contribution < -0.4 is 11.1 Å². The van der Waals surface area contributed by atoms with Gasteiger partial charge in [0, 0.05) is 11.3 Å². The van der Waals surface area contributed by atoms with Crippen LogP contribution in [0.15, 0.2) is 0 Å². The number of hydrogen-bond acceptors (Lipinski definition) is 3. The molecule has 3 nitrogen and oxygen atoms in total. The maximum Gasteiger partial charge on any atom is 0.236 e. The first-order valence-corrected chi connectivity index (χ1v) is 6.94. The number of amides is 1. The highest BCUT2D eigenvalue weighted by Crippen LogP contribution is 2.39. The van der Waals surface area contributed by atoms with Gasteiger partial charge >= 0.3 is 0 Å². The van der Waals surface area contributed by atoms with Crippen LogP contribution in [0.2, 0.25) is 0 Å². The van der Waals surface area contributed by atoms with Crippen LogP contribution in [0, 0.1) is 0 Å². The van der Waals surface area contributed by atoms with Crippen molar-refractivity contribution in [1.82, 2.24) is 5.32 Å². The monoisotopic (exact) mass is 230 g/mol. The normalized spacial score (nSPS) is 21.3. The Labute approximate surface area is 96.6 Å². The lowest BCUT2D eigenvalue weighted by molar-refractivity contribution is -0.122. The molecule has 0 aromatic carbocycles. The third kappa shape index (κ3) is 3.38. The Morgan fingerprint density at radius 3 is 2.60 bits per heavy atom. The summed E-state index contributed by atoms with van der Waals surface area (Å²) >= 11 is 1.89. The molecule has 1 rings (SSSR count). The van der Waals surface area contributed by atoms with E-state index in [0.29, 0.717) is 6.42 Å². The van der Waals surface area contributed by atoms with Crippen molar-refractivity contribution >= 4 is 17.7 Å². The summed E-state index contributed by atoms with van der Waals surface area (Å²) in [7, 11) is 0. The molecule has 88 valence electrons. The molecular weight excluding hydrogens is 208 g/mol. The minimum Gasteiger partial charge on any atom is -0.353 e. The van der Waals surface area contributed by atoms with Crippen molar-refractivity contribution in [3.63, 3.8) is 0 Å². The fourth-order valence-corrected chi connectivity index (χ4v) is 2.95. The smallest absolute Gasteiger partial charge is 0.236 e. The molecule has 1 atom stereocenters. The average Bonchev–Trinajstić information content (AvgIpc) is 2.74. The standard InChI is InChI=1S/C11H22N2OS/c1-3-9(12)10(14)13-8-11(15-2)6-4-5-7-11/h9H,3-8,12H2,1-2H3,(H,13,14)/t9-/m1/s1. The second-order valence-corrected chi connectivity index (χ2v) is 5.60. The SMILES string of the molecule is CC[C@@H](N)C(=O)NCC1(SC)CCCC1. The fourth-order valence-electron chi connectivity index (χ4n) is 2.04. The quantitative estimate of drug-likeness (QED) is 0.753. The highest BCUT2D eigenvalue weighted by molar-refractivity contribution is 8.00. The molecule has 1 aliphatic rings. The van der Waals surface area contributed by atoms with E-state index < -0.39 is 0 Å². The van der Waals surface area contributed by atoms with Gasteiger partial charge in [0.05, 0.1) is 6.04 Å². The topological polar surface area (TPSA) is 55.1 Å². The maximum atomic E-state index is 11.5. The van der Waals surface area contributed by atoms with Gasteiger partial charge < -0.3 is 11.1 Å². The summed E-state index contributed by atoms with van der Waals surface area (Å²) in [4.78, 5) is 11.5. The van der Waals surface area contributed by atoms with Crippen molar-refractivity contribution < 1.29 is 4.79 Å². The third-order valence-electron chi connectivity index (χ3n) is 3.31. The van der Waals surface area contributed by atoms with Gasteiger partial charge in [-0.1, -0.05) is 19.8 Å². The Morgan fingerprint density at radius 2 is 2.13 bits per heavy atom. The number of rotatable bonds is 5. The second-order valence-electron chi connectivity index (χ2n) is 4.33. The molecule has 4 heteroatoms. The summed E-state index contributed by atoms with van der Waals surface area (Å²) in [5.74, 6) is -0.00201. The summed E-state index contributed by atoms with van der Waals surface area (Å²) in [6.45, 7) is 2.71. The van der Waals surface area contributed by atoms with Crippen molar-refractivity contribution in [2.45, 2.75) is 49.8 Å². The van der Waals surface area contributed by atoms with Crippen molar-refractivity contribution in [3.05, 3.63) is 0 Å². The van der Waals surface area contributed by atoms with Crippen LogP contribution in [-0.4, -0.2) is 29.5 Å². The third-order valence-corrected chi connectivity index (χ3v) is 4.73. The molecular formula is C11H22N2OS. The summed E-state index contributed by atoms with van der Waals surface area (Å²) in [5.41, 5.74) is 5.67. The van der Waals surface area contributed by atoms with Crippen LogP contribution in [0.1, 0.15) is 39.0 Å². The average molecular weight is 230 g/mol. The lowest BCUT2D eigenvalue weighted by Gasteiger charge is -2.27. The van der Waals surface area contributed by atoms with Gasteiger partial charge in [-0.25, -0.2) is 0 Å². The molecule has 0 aromatic rings. The van der Waals surface area contributed by atoms with E-state index in [9.17, 15) is 4.79 Å². The van der Waals surface area contributed by atoms with Crippen LogP contribution >= 0.6 is 11.8 Å². The van der Waals surface area contributed by atoms with E-state index in [0.717, 1.165) is 6.54 Å². The highest BCUT2D eigenvalue weighted by Gasteiger charge is 2.33. The number of carbonyl (C=O) groups excluding carboxylic acids is 1. The van der Waals surface area contributed by atoms with Crippen LogP contribution in [0.5, 0.6) is 0 Å². The lowest BCUT2D eigenvalue weighted by atomic mass is 10.1. The zero-order valence-corrected chi connectivity index (χ0v) is 10.5. The molecule has 0 spiro atoms. The molecule has 15 heavy (non-hydrogen) atoms. The summed E-state index contributed by atoms with van der Waals surface area (Å²) < 4.78 is 0.281. The van der Waals surface area contributed by atoms with Crippen molar-refractivity contribution in [1.29, 1.82) is 0 Å². The van der Waals surface area contributed by atoms with Gasteiger partial charge in [0.15, 0.2) is 0 Å².